The second-order valence-electron chi connectivity index (χ2n) is 6.13. The molecule has 142 valence electrons. The zero-order valence-corrected chi connectivity index (χ0v) is 15.7. The van der Waals surface area contributed by atoms with E-state index in [0.717, 1.165) is 36.9 Å². The number of carbonyl (C=O) groups excluding carboxylic acids is 1. The highest BCUT2D eigenvalue weighted by Gasteiger charge is 2.15. The average molecular weight is 386 g/mol. The number of anilines is 2. The SMILES string of the molecule is O=C(CNc1cccc(C(=O)O)c1)CSc1ccccc1N1CCOCC1. The molecular weight excluding hydrogens is 364 g/mol. The van der Waals surface area contributed by atoms with E-state index in [1.165, 1.54) is 23.9 Å². The quantitative estimate of drug-likeness (QED) is 0.675. The molecule has 2 aromatic carbocycles. The number of nitrogens with zero attached hydrogens (tertiary/aromatic N) is 1. The van der Waals surface area contributed by atoms with Gasteiger partial charge in [-0.3, -0.25) is 4.79 Å². The predicted molar refractivity (Wildman–Crippen MR) is 107 cm³/mol. The van der Waals surface area contributed by atoms with Crippen LogP contribution >= 0.6 is 11.8 Å². The molecule has 0 unspecified atom stereocenters. The van der Waals surface area contributed by atoms with Crippen LogP contribution in [0.1, 0.15) is 10.4 Å². The topological polar surface area (TPSA) is 78.9 Å². The van der Waals surface area contributed by atoms with Crippen LogP contribution < -0.4 is 10.2 Å². The van der Waals surface area contributed by atoms with Gasteiger partial charge in [-0.05, 0) is 30.3 Å². The fourth-order valence-corrected chi connectivity index (χ4v) is 3.76. The van der Waals surface area contributed by atoms with Crippen molar-refractivity contribution in [1.82, 2.24) is 0 Å². The number of para-hydroxylation sites is 1. The molecule has 7 heteroatoms. The van der Waals surface area contributed by atoms with E-state index < -0.39 is 5.97 Å². The molecule has 6 nitrogen and oxygen atoms in total. The van der Waals surface area contributed by atoms with E-state index in [1.54, 1.807) is 12.1 Å². The number of carboxylic acid groups (broad SMARTS) is 1. The van der Waals surface area contributed by atoms with Crippen molar-refractivity contribution in [2.45, 2.75) is 4.90 Å². The van der Waals surface area contributed by atoms with E-state index in [-0.39, 0.29) is 17.9 Å². The molecule has 0 bridgehead atoms. The van der Waals surface area contributed by atoms with Gasteiger partial charge in [0.05, 0.1) is 36.8 Å². The molecule has 3 rings (SSSR count). The van der Waals surface area contributed by atoms with Gasteiger partial charge in [-0.15, -0.1) is 11.8 Å². The summed E-state index contributed by atoms with van der Waals surface area (Å²) in [6.45, 7) is 3.31. The summed E-state index contributed by atoms with van der Waals surface area (Å²) in [5.74, 6) is -0.578. The number of morpholine rings is 1. The first-order chi connectivity index (χ1) is 13.1. The number of Topliss-reactive ketones (excluding diaryl/α,β-unsaturated/α-hetero) is 1. The number of rotatable bonds is 8. The molecule has 0 spiro atoms. The summed E-state index contributed by atoms with van der Waals surface area (Å²) >= 11 is 1.53. The summed E-state index contributed by atoms with van der Waals surface area (Å²) in [5.41, 5.74) is 1.96. The Kier molecular flexibility index (Phi) is 6.73. The highest BCUT2D eigenvalue weighted by molar-refractivity contribution is 8.00. The molecule has 1 fully saturated rings. The van der Waals surface area contributed by atoms with Crippen LogP contribution in [0.15, 0.2) is 53.4 Å². The van der Waals surface area contributed by atoms with Crippen molar-refractivity contribution >= 4 is 34.9 Å². The Balaban J connectivity index is 1.54. The summed E-state index contributed by atoms with van der Waals surface area (Å²) in [5, 5.41) is 12.0. The lowest BCUT2D eigenvalue weighted by Gasteiger charge is -2.30. The molecule has 0 aliphatic carbocycles. The Morgan fingerprint density at radius 2 is 1.89 bits per heavy atom. The second-order valence-corrected chi connectivity index (χ2v) is 7.15. The van der Waals surface area contributed by atoms with Crippen LogP contribution in [0.5, 0.6) is 0 Å². The largest absolute Gasteiger partial charge is 0.478 e. The third-order valence-electron chi connectivity index (χ3n) is 4.20. The van der Waals surface area contributed by atoms with E-state index in [9.17, 15) is 9.59 Å². The summed E-state index contributed by atoms with van der Waals surface area (Å²) in [6, 6.07) is 14.6. The number of carbonyl (C=O) groups is 2. The molecule has 2 aromatic rings. The van der Waals surface area contributed by atoms with E-state index >= 15 is 0 Å². The van der Waals surface area contributed by atoms with Crippen LogP contribution in [0.3, 0.4) is 0 Å². The Labute approximate surface area is 162 Å². The molecule has 1 saturated heterocycles. The fourth-order valence-electron chi connectivity index (χ4n) is 2.82. The number of aromatic carboxylic acids is 1. The number of thioether (sulfide) groups is 1. The number of benzene rings is 2. The van der Waals surface area contributed by atoms with Crippen molar-refractivity contribution in [3.63, 3.8) is 0 Å². The monoisotopic (exact) mass is 386 g/mol. The van der Waals surface area contributed by atoms with Gasteiger partial charge in [0.15, 0.2) is 5.78 Å². The highest BCUT2D eigenvalue weighted by atomic mass is 32.2. The molecular formula is C20H22N2O4S. The number of ketones is 1. The van der Waals surface area contributed by atoms with Crippen LogP contribution in [-0.4, -0.2) is 55.5 Å². The van der Waals surface area contributed by atoms with Gasteiger partial charge in [-0.25, -0.2) is 4.79 Å². The molecule has 0 aromatic heterocycles. The van der Waals surface area contributed by atoms with Gasteiger partial charge < -0.3 is 20.1 Å². The Bertz CT molecular complexity index is 806. The average Bonchev–Trinajstić information content (AvgIpc) is 2.72. The standard InChI is InChI=1S/C20H22N2O4S/c23-17(13-21-16-5-3-4-15(12-16)20(24)25)14-27-19-7-2-1-6-18(19)22-8-10-26-11-9-22/h1-7,12,21H,8-11,13-14H2,(H,24,25). The van der Waals surface area contributed by atoms with Crippen molar-refractivity contribution < 1.29 is 19.4 Å². The number of nitrogens with one attached hydrogen (secondary N) is 1. The number of ether oxygens (including phenoxy) is 1. The van der Waals surface area contributed by atoms with E-state index in [2.05, 4.69) is 16.3 Å². The minimum Gasteiger partial charge on any atom is -0.478 e. The van der Waals surface area contributed by atoms with Gasteiger partial charge in [0.1, 0.15) is 0 Å². The maximum atomic E-state index is 12.3. The third-order valence-corrected chi connectivity index (χ3v) is 5.33. The molecule has 1 aliphatic heterocycles. The van der Waals surface area contributed by atoms with E-state index in [0.29, 0.717) is 11.4 Å². The molecule has 0 radical (unpaired) electrons. The Hall–Kier alpha value is -2.51. The summed E-state index contributed by atoms with van der Waals surface area (Å²) in [4.78, 5) is 26.6. The van der Waals surface area contributed by atoms with Crippen molar-refractivity contribution in [3.05, 3.63) is 54.1 Å². The van der Waals surface area contributed by atoms with Gasteiger partial charge in [-0.2, -0.15) is 0 Å². The normalized spacial score (nSPS) is 14.0. The van der Waals surface area contributed by atoms with Crippen molar-refractivity contribution in [2.24, 2.45) is 0 Å². The van der Waals surface area contributed by atoms with Crippen LogP contribution in [0.25, 0.3) is 0 Å². The zero-order chi connectivity index (χ0) is 19.1. The number of hydrogen-bond acceptors (Lipinski definition) is 6. The fraction of sp³-hybridized carbons (Fsp3) is 0.300. The maximum absolute atomic E-state index is 12.3. The predicted octanol–water partition coefficient (Wildman–Crippen LogP) is 2.99. The van der Waals surface area contributed by atoms with Gasteiger partial charge in [0, 0.05) is 23.7 Å². The number of hydrogen-bond donors (Lipinski definition) is 2. The van der Waals surface area contributed by atoms with Crippen molar-refractivity contribution in [1.29, 1.82) is 0 Å². The molecule has 27 heavy (non-hydrogen) atoms. The molecule has 1 heterocycles. The number of carboxylic acids is 1. The molecule has 0 saturated carbocycles. The first-order valence-corrected chi connectivity index (χ1v) is 9.75. The molecule has 1 aliphatic rings. The van der Waals surface area contributed by atoms with E-state index in [1.807, 2.05) is 18.2 Å². The Morgan fingerprint density at radius 1 is 1.11 bits per heavy atom. The van der Waals surface area contributed by atoms with Crippen LogP contribution in [0.2, 0.25) is 0 Å². The Morgan fingerprint density at radius 3 is 2.67 bits per heavy atom. The van der Waals surface area contributed by atoms with E-state index in [4.69, 9.17) is 9.84 Å². The van der Waals surface area contributed by atoms with Gasteiger partial charge in [0.2, 0.25) is 0 Å². The lowest BCUT2D eigenvalue weighted by molar-refractivity contribution is -0.115. The summed E-state index contributed by atoms with van der Waals surface area (Å²) in [6.07, 6.45) is 0. The molecule has 2 N–H and O–H groups in total. The minimum absolute atomic E-state index is 0.0532. The molecule has 0 atom stereocenters. The summed E-state index contributed by atoms with van der Waals surface area (Å²) in [7, 11) is 0. The lowest BCUT2D eigenvalue weighted by Crippen LogP contribution is -2.36. The second kappa shape index (κ2) is 9.43. The van der Waals surface area contributed by atoms with Crippen LogP contribution in [-0.2, 0) is 9.53 Å². The first-order valence-electron chi connectivity index (χ1n) is 8.77. The smallest absolute Gasteiger partial charge is 0.335 e. The van der Waals surface area contributed by atoms with Gasteiger partial charge >= 0.3 is 5.97 Å². The van der Waals surface area contributed by atoms with Crippen LogP contribution in [0, 0.1) is 0 Å². The minimum atomic E-state index is -0.986. The van der Waals surface area contributed by atoms with Crippen molar-refractivity contribution in [3.8, 4) is 0 Å². The molecule has 0 amide bonds. The van der Waals surface area contributed by atoms with Gasteiger partial charge in [-0.1, -0.05) is 18.2 Å². The summed E-state index contributed by atoms with van der Waals surface area (Å²) < 4.78 is 5.41. The maximum Gasteiger partial charge on any atom is 0.335 e. The third kappa shape index (κ3) is 5.48. The zero-order valence-electron chi connectivity index (χ0n) is 14.9. The first kappa shape index (κ1) is 19.3. The van der Waals surface area contributed by atoms with Crippen LogP contribution in [0.4, 0.5) is 11.4 Å². The van der Waals surface area contributed by atoms with Crippen molar-refractivity contribution in [2.75, 3.05) is 48.8 Å². The van der Waals surface area contributed by atoms with Gasteiger partial charge in [0.25, 0.3) is 0 Å². The highest BCUT2D eigenvalue weighted by Crippen LogP contribution is 2.30. The lowest BCUT2D eigenvalue weighted by atomic mass is 10.2.